The van der Waals surface area contributed by atoms with Gasteiger partial charge in [0, 0.05) is 22.0 Å². The fourth-order valence-electron chi connectivity index (χ4n) is 2.83. The van der Waals surface area contributed by atoms with Crippen molar-refractivity contribution in [1.29, 1.82) is 0 Å². The Bertz CT molecular complexity index is 1410. The first-order chi connectivity index (χ1) is 14.3. The molecule has 30 heavy (non-hydrogen) atoms. The Morgan fingerprint density at radius 3 is 2.47 bits per heavy atom. The standard InChI is InChI=1S/C19H15N5O4S2/c1-30(27,28)24-12-8-6-11(7-9-12)15-10-29-19(20-15)21-18(26)16-13-4-2-3-5-14(13)17(25)23-22-16/h2-10,24H,1H3,(H,23,25)(H,20,21,26). The normalized spacial score (nSPS) is 11.4. The summed E-state index contributed by atoms with van der Waals surface area (Å²) in [6, 6.07) is 13.4. The van der Waals surface area contributed by atoms with Gasteiger partial charge in [0.15, 0.2) is 10.8 Å². The molecule has 11 heteroatoms. The average molecular weight is 441 g/mol. The summed E-state index contributed by atoms with van der Waals surface area (Å²) in [6.45, 7) is 0. The van der Waals surface area contributed by atoms with Crippen molar-refractivity contribution in [3.05, 3.63) is 70.0 Å². The predicted molar refractivity (Wildman–Crippen MR) is 116 cm³/mol. The molecule has 3 N–H and O–H groups in total. The molecular formula is C19H15N5O4S2. The number of sulfonamides is 1. The van der Waals surface area contributed by atoms with Crippen molar-refractivity contribution >= 4 is 48.9 Å². The van der Waals surface area contributed by atoms with Gasteiger partial charge in [0.05, 0.1) is 17.3 Å². The van der Waals surface area contributed by atoms with Gasteiger partial charge in [-0.25, -0.2) is 18.5 Å². The van der Waals surface area contributed by atoms with Crippen molar-refractivity contribution in [3.8, 4) is 11.3 Å². The molecule has 1 amide bonds. The molecule has 0 spiro atoms. The van der Waals surface area contributed by atoms with Crippen molar-refractivity contribution in [2.24, 2.45) is 0 Å². The molecular weight excluding hydrogens is 426 g/mol. The van der Waals surface area contributed by atoms with Gasteiger partial charge in [0.1, 0.15) is 0 Å². The highest BCUT2D eigenvalue weighted by Gasteiger charge is 2.16. The van der Waals surface area contributed by atoms with E-state index in [1.165, 1.54) is 11.3 Å². The van der Waals surface area contributed by atoms with Gasteiger partial charge in [0.2, 0.25) is 10.0 Å². The Labute approximate surface area is 174 Å². The Morgan fingerprint density at radius 1 is 1.07 bits per heavy atom. The van der Waals surface area contributed by atoms with Crippen LogP contribution >= 0.6 is 11.3 Å². The Balaban J connectivity index is 1.55. The molecule has 4 rings (SSSR count). The topological polar surface area (TPSA) is 134 Å². The van der Waals surface area contributed by atoms with Gasteiger partial charge in [-0.1, -0.05) is 30.3 Å². The summed E-state index contributed by atoms with van der Waals surface area (Å²) in [5.74, 6) is -0.490. The van der Waals surface area contributed by atoms with Crippen LogP contribution in [0.5, 0.6) is 0 Å². The maximum Gasteiger partial charge on any atom is 0.278 e. The maximum absolute atomic E-state index is 12.7. The van der Waals surface area contributed by atoms with Crippen molar-refractivity contribution < 1.29 is 13.2 Å². The highest BCUT2D eigenvalue weighted by atomic mass is 32.2. The zero-order valence-corrected chi connectivity index (χ0v) is 17.2. The SMILES string of the molecule is CS(=O)(=O)Nc1ccc(-c2csc(NC(=O)c3n[nH]c(=O)c4ccccc34)n2)cc1. The molecule has 0 radical (unpaired) electrons. The van der Waals surface area contributed by atoms with E-state index in [1.54, 1.807) is 53.9 Å². The number of nitrogens with zero attached hydrogens (tertiary/aromatic N) is 2. The molecule has 2 aromatic heterocycles. The van der Waals surface area contributed by atoms with Crippen molar-refractivity contribution in [1.82, 2.24) is 15.2 Å². The van der Waals surface area contributed by atoms with E-state index in [1.807, 2.05) is 0 Å². The van der Waals surface area contributed by atoms with E-state index in [-0.39, 0.29) is 11.3 Å². The molecule has 0 aliphatic heterocycles. The van der Waals surface area contributed by atoms with Crippen LogP contribution in [0.25, 0.3) is 22.0 Å². The number of amides is 1. The van der Waals surface area contributed by atoms with Crippen LogP contribution < -0.4 is 15.6 Å². The van der Waals surface area contributed by atoms with E-state index < -0.39 is 15.9 Å². The molecule has 9 nitrogen and oxygen atoms in total. The number of hydrogen-bond donors (Lipinski definition) is 3. The minimum atomic E-state index is -3.35. The molecule has 0 saturated heterocycles. The lowest BCUT2D eigenvalue weighted by Gasteiger charge is -2.05. The molecule has 0 saturated carbocycles. The molecule has 0 bridgehead atoms. The second kappa shape index (κ2) is 7.69. The number of benzene rings is 2. The van der Waals surface area contributed by atoms with Gasteiger partial charge < -0.3 is 0 Å². The first-order valence-electron chi connectivity index (χ1n) is 8.63. The number of nitrogens with one attached hydrogen (secondary N) is 3. The number of fused-ring (bicyclic) bond motifs is 1. The molecule has 0 atom stereocenters. The Morgan fingerprint density at radius 2 is 1.77 bits per heavy atom. The zero-order chi connectivity index (χ0) is 21.3. The van der Waals surface area contributed by atoms with E-state index >= 15 is 0 Å². The van der Waals surface area contributed by atoms with Gasteiger partial charge in [-0.05, 0) is 18.2 Å². The summed E-state index contributed by atoms with van der Waals surface area (Å²) < 4.78 is 25.0. The first kappa shape index (κ1) is 19.7. The van der Waals surface area contributed by atoms with Crippen molar-refractivity contribution in [2.45, 2.75) is 0 Å². The van der Waals surface area contributed by atoms with Crippen LogP contribution in [0.4, 0.5) is 10.8 Å². The summed E-state index contributed by atoms with van der Waals surface area (Å²) in [4.78, 5) is 28.9. The fourth-order valence-corrected chi connectivity index (χ4v) is 4.11. The summed E-state index contributed by atoms with van der Waals surface area (Å²) in [7, 11) is -3.35. The number of carbonyl (C=O) groups is 1. The largest absolute Gasteiger partial charge is 0.296 e. The highest BCUT2D eigenvalue weighted by molar-refractivity contribution is 7.92. The molecule has 0 aliphatic rings. The number of anilines is 2. The third kappa shape index (κ3) is 4.21. The number of H-pyrrole nitrogens is 1. The second-order valence-electron chi connectivity index (χ2n) is 6.39. The van der Waals surface area contributed by atoms with E-state index in [2.05, 4.69) is 25.2 Å². The smallest absolute Gasteiger partial charge is 0.278 e. The molecule has 0 aliphatic carbocycles. The summed E-state index contributed by atoms with van der Waals surface area (Å²) in [6.07, 6.45) is 1.08. The quantitative estimate of drug-likeness (QED) is 0.436. The monoisotopic (exact) mass is 441 g/mol. The highest BCUT2D eigenvalue weighted by Crippen LogP contribution is 2.26. The van der Waals surface area contributed by atoms with Crippen molar-refractivity contribution in [3.63, 3.8) is 0 Å². The molecule has 0 unspecified atom stereocenters. The number of aromatic nitrogens is 3. The van der Waals surface area contributed by atoms with Gasteiger partial charge in [0.25, 0.3) is 11.5 Å². The second-order valence-corrected chi connectivity index (χ2v) is 9.00. The van der Waals surface area contributed by atoms with Crippen LogP contribution in [0.1, 0.15) is 10.5 Å². The number of hydrogen-bond acceptors (Lipinski definition) is 7. The van der Waals surface area contributed by atoms with Gasteiger partial charge >= 0.3 is 0 Å². The van der Waals surface area contributed by atoms with Crippen LogP contribution in [0.3, 0.4) is 0 Å². The number of aromatic amines is 1. The van der Waals surface area contributed by atoms with Crippen LogP contribution in [0.15, 0.2) is 58.7 Å². The van der Waals surface area contributed by atoms with Crippen LogP contribution in [-0.4, -0.2) is 35.8 Å². The van der Waals surface area contributed by atoms with Crippen LogP contribution in [0, 0.1) is 0 Å². The summed E-state index contributed by atoms with van der Waals surface area (Å²) in [5, 5.41) is 11.9. The lowest BCUT2D eigenvalue weighted by atomic mass is 10.1. The zero-order valence-electron chi connectivity index (χ0n) is 15.5. The maximum atomic E-state index is 12.7. The molecule has 0 fully saturated rings. The van der Waals surface area contributed by atoms with Gasteiger partial charge in [-0.15, -0.1) is 11.3 Å². The lowest BCUT2D eigenvalue weighted by molar-refractivity contribution is 0.102. The molecule has 152 valence electrons. The number of rotatable bonds is 5. The average Bonchev–Trinajstić information content (AvgIpc) is 3.16. The number of thiazole rings is 1. The van der Waals surface area contributed by atoms with E-state index in [0.29, 0.717) is 27.3 Å². The van der Waals surface area contributed by atoms with Crippen molar-refractivity contribution in [2.75, 3.05) is 16.3 Å². The summed E-state index contributed by atoms with van der Waals surface area (Å²) >= 11 is 1.24. The minimum absolute atomic E-state index is 0.0955. The van der Waals surface area contributed by atoms with E-state index in [4.69, 9.17) is 0 Å². The number of carbonyl (C=O) groups excluding carboxylic acids is 1. The van der Waals surface area contributed by atoms with Crippen LogP contribution in [0.2, 0.25) is 0 Å². The Hall–Kier alpha value is -3.57. The van der Waals surface area contributed by atoms with Gasteiger partial charge in [-0.2, -0.15) is 5.10 Å². The molecule has 2 aromatic carbocycles. The first-order valence-corrected chi connectivity index (χ1v) is 11.4. The van der Waals surface area contributed by atoms with E-state index in [9.17, 15) is 18.0 Å². The molecule has 4 aromatic rings. The fraction of sp³-hybridized carbons (Fsp3) is 0.0526. The third-order valence-electron chi connectivity index (χ3n) is 4.12. The molecule has 2 heterocycles. The minimum Gasteiger partial charge on any atom is -0.296 e. The predicted octanol–water partition coefficient (Wildman–Crippen LogP) is 2.67. The third-order valence-corrected chi connectivity index (χ3v) is 5.48. The lowest BCUT2D eigenvalue weighted by Crippen LogP contribution is -2.19. The van der Waals surface area contributed by atoms with E-state index in [0.717, 1.165) is 11.8 Å². The van der Waals surface area contributed by atoms with Crippen LogP contribution in [-0.2, 0) is 10.0 Å². The summed E-state index contributed by atoms with van der Waals surface area (Å²) in [5.41, 5.74) is 1.56. The van der Waals surface area contributed by atoms with Gasteiger partial charge in [-0.3, -0.25) is 19.6 Å². The Kier molecular flexibility index (Phi) is 5.06.